The second kappa shape index (κ2) is 3.83. The average Bonchev–Trinajstić information content (AvgIpc) is 1.87. The zero-order valence-electron chi connectivity index (χ0n) is 5.40. The fourth-order valence-electron chi connectivity index (χ4n) is 0.332. The molecule has 0 saturated heterocycles. The molecule has 0 saturated carbocycles. The average molecular weight is 126 g/mol. The molecular formula is C6H10N2O. The molecule has 0 aliphatic heterocycles. The maximum absolute atomic E-state index is 6.98. The second-order valence-electron chi connectivity index (χ2n) is 1.41. The Kier molecular flexibility index (Phi) is 3.35. The van der Waals surface area contributed by atoms with Gasteiger partial charge in [-0.2, -0.15) is 0 Å². The lowest BCUT2D eigenvalue weighted by Crippen LogP contribution is -2.03. The van der Waals surface area contributed by atoms with E-state index in [0.29, 0.717) is 6.61 Å². The van der Waals surface area contributed by atoms with Gasteiger partial charge in [0, 0.05) is 6.21 Å². The van der Waals surface area contributed by atoms with E-state index in [1.807, 2.05) is 6.92 Å². The summed E-state index contributed by atoms with van der Waals surface area (Å²) < 4.78 is 4.82. The maximum atomic E-state index is 6.98. The number of hydrogen-bond donors (Lipinski definition) is 2. The normalized spacial score (nSPS) is 8.11. The minimum Gasteiger partial charge on any atom is -0.492 e. The molecule has 0 radical (unpaired) electrons. The Morgan fingerprint density at radius 3 is 2.67 bits per heavy atom. The van der Waals surface area contributed by atoms with Gasteiger partial charge < -0.3 is 10.1 Å². The molecule has 3 nitrogen and oxygen atoms in total. The van der Waals surface area contributed by atoms with Gasteiger partial charge in [-0.15, -0.1) is 0 Å². The van der Waals surface area contributed by atoms with Crippen LogP contribution in [0.25, 0.3) is 0 Å². The lowest BCUT2D eigenvalue weighted by Gasteiger charge is -2.01. The van der Waals surface area contributed by atoms with Crippen LogP contribution in [-0.2, 0) is 4.74 Å². The Morgan fingerprint density at radius 2 is 2.33 bits per heavy atom. The summed E-state index contributed by atoms with van der Waals surface area (Å²) in [5.74, 6) is 0.257. The number of hydrogen-bond acceptors (Lipinski definition) is 3. The first-order valence-corrected chi connectivity index (χ1v) is 2.63. The minimum absolute atomic E-state index is 0.0249. The molecular weight excluding hydrogens is 116 g/mol. The summed E-state index contributed by atoms with van der Waals surface area (Å²) in [4.78, 5) is 0. The monoisotopic (exact) mass is 126 g/mol. The van der Waals surface area contributed by atoms with E-state index in [1.165, 1.54) is 0 Å². The predicted octanol–water partition coefficient (Wildman–Crippen LogP) is 1.21. The van der Waals surface area contributed by atoms with Crippen molar-refractivity contribution < 1.29 is 4.74 Å². The van der Waals surface area contributed by atoms with Gasteiger partial charge in [0.25, 0.3) is 0 Å². The molecule has 0 unspecified atom stereocenters. The summed E-state index contributed by atoms with van der Waals surface area (Å²) in [6.07, 6.45) is 0.901. The molecule has 0 aromatic rings. The summed E-state index contributed by atoms with van der Waals surface area (Å²) in [6.45, 7) is 5.72. The van der Waals surface area contributed by atoms with E-state index in [2.05, 4.69) is 6.58 Å². The zero-order valence-corrected chi connectivity index (χ0v) is 5.40. The summed E-state index contributed by atoms with van der Waals surface area (Å²) >= 11 is 0. The smallest absolute Gasteiger partial charge is 0.138 e. The summed E-state index contributed by atoms with van der Waals surface area (Å²) in [5, 5.41) is 13.6. The van der Waals surface area contributed by atoms with E-state index < -0.39 is 0 Å². The lowest BCUT2D eigenvalue weighted by atomic mass is 10.3. The highest BCUT2D eigenvalue weighted by Gasteiger charge is 1.96. The molecule has 2 N–H and O–H groups in total. The van der Waals surface area contributed by atoms with Crippen molar-refractivity contribution >= 4 is 11.9 Å². The van der Waals surface area contributed by atoms with Gasteiger partial charge in [0.2, 0.25) is 0 Å². The number of rotatable bonds is 4. The van der Waals surface area contributed by atoms with Gasteiger partial charge in [0.15, 0.2) is 0 Å². The van der Waals surface area contributed by atoms with Crippen molar-refractivity contribution in [2.75, 3.05) is 6.61 Å². The predicted molar refractivity (Wildman–Crippen MR) is 37.3 cm³/mol. The van der Waals surface area contributed by atoms with E-state index in [1.54, 1.807) is 0 Å². The molecule has 0 bridgehead atoms. The molecule has 0 heterocycles. The van der Waals surface area contributed by atoms with Crippen LogP contribution in [-0.4, -0.2) is 18.5 Å². The third-order valence-corrected chi connectivity index (χ3v) is 0.763. The largest absolute Gasteiger partial charge is 0.492 e. The Hall–Kier alpha value is -1.12. The van der Waals surface area contributed by atoms with Gasteiger partial charge in [-0.05, 0) is 6.92 Å². The van der Waals surface area contributed by atoms with Crippen LogP contribution in [0.2, 0.25) is 0 Å². The standard InChI is InChI=1S/C6H10N2O/c1-3-9-5(2)6(8)4-7/h4,7-8H,2-3H2,1H3. The van der Waals surface area contributed by atoms with E-state index >= 15 is 0 Å². The summed E-state index contributed by atoms with van der Waals surface area (Å²) in [6, 6.07) is 0. The molecule has 3 heteroatoms. The lowest BCUT2D eigenvalue weighted by molar-refractivity contribution is 0.251. The van der Waals surface area contributed by atoms with Crippen LogP contribution < -0.4 is 0 Å². The van der Waals surface area contributed by atoms with E-state index in [0.717, 1.165) is 6.21 Å². The van der Waals surface area contributed by atoms with Gasteiger partial charge in [-0.3, -0.25) is 5.41 Å². The van der Waals surface area contributed by atoms with Crippen molar-refractivity contribution in [3.63, 3.8) is 0 Å². The van der Waals surface area contributed by atoms with Crippen LogP contribution in [0, 0.1) is 10.8 Å². The van der Waals surface area contributed by atoms with Gasteiger partial charge in [0.05, 0.1) is 6.61 Å². The molecule has 0 aromatic heterocycles. The highest BCUT2D eigenvalue weighted by molar-refractivity contribution is 6.34. The Bertz CT molecular complexity index is 140. The number of allylic oxidation sites excluding steroid dienone is 1. The fourth-order valence-corrected chi connectivity index (χ4v) is 0.332. The molecule has 0 fully saturated rings. The van der Waals surface area contributed by atoms with Crippen LogP contribution in [0.5, 0.6) is 0 Å². The van der Waals surface area contributed by atoms with Gasteiger partial charge in [-0.1, -0.05) is 6.58 Å². The molecule has 9 heavy (non-hydrogen) atoms. The van der Waals surface area contributed by atoms with Gasteiger partial charge >= 0.3 is 0 Å². The molecule has 0 aliphatic carbocycles. The minimum atomic E-state index is 0.0249. The van der Waals surface area contributed by atoms with Gasteiger partial charge in [0.1, 0.15) is 11.5 Å². The third kappa shape index (κ3) is 2.64. The van der Waals surface area contributed by atoms with Crippen molar-refractivity contribution in [1.29, 1.82) is 10.8 Å². The second-order valence-corrected chi connectivity index (χ2v) is 1.41. The molecule has 0 aliphatic rings. The third-order valence-electron chi connectivity index (χ3n) is 0.763. The van der Waals surface area contributed by atoms with E-state index in [9.17, 15) is 0 Å². The molecule has 0 atom stereocenters. The van der Waals surface area contributed by atoms with Crippen LogP contribution >= 0.6 is 0 Å². The Labute approximate surface area is 54.4 Å². The molecule has 0 rings (SSSR count). The molecule has 50 valence electrons. The molecule has 0 spiro atoms. The summed E-state index contributed by atoms with van der Waals surface area (Å²) in [5.41, 5.74) is 0.0249. The van der Waals surface area contributed by atoms with Gasteiger partial charge in [-0.25, -0.2) is 0 Å². The SMILES string of the molecule is C=C(OCC)C(=N)C=N. The van der Waals surface area contributed by atoms with Crippen molar-refractivity contribution in [3.8, 4) is 0 Å². The van der Waals surface area contributed by atoms with Crippen molar-refractivity contribution in [2.45, 2.75) is 6.92 Å². The zero-order chi connectivity index (χ0) is 7.28. The van der Waals surface area contributed by atoms with Crippen molar-refractivity contribution in [1.82, 2.24) is 0 Å². The number of ether oxygens (including phenoxy) is 1. The first-order chi connectivity index (χ1) is 4.22. The molecule has 0 aromatic carbocycles. The Balaban J connectivity index is 3.73. The fraction of sp³-hybridized carbons (Fsp3) is 0.333. The highest BCUT2D eigenvalue weighted by Crippen LogP contribution is 1.91. The first kappa shape index (κ1) is 7.88. The Morgan fingerprint density at radius 1 is 1.78 bits per heavy atom. The van der Waals surface area contributed by atoms with E-state index in [4.69, 9.17) is 15.6 Å². The van der Waals surface area contributed by atoms with Crippen LogP contribution in [0.1, 0.15) is 6.92 Å². The van der Waals surface area contributed by atoms with Crippen LogP contribution in [0.3, 0.4) is 0 Å². The maximum Gasteiger partial charge on any atom is 0.138 e. The summed E-state index contributed by atoms with van der Waals surface area (Å²) in [7, 11) is 0. The van der Waals surface area contributed by atoms with Crippen molar-refractivity contribution in [2.24, 2.45) is 0 Å². The topological polar surface area (TPSA) is 56.9 Å². The molecule has 0 amide bonds. The quantitative estimate of drug-likeness (QED) is 0.431. The van der Waals surface area contributed by atoms with E-state index in [-0.39, 0.29) is 11.5 Å². The first-order valence-electron chi connectivity index (χ1n) is 2.63. The van der Waals surface area contributed by atoms with Crippen LogP contribution in [0.4, 0.5) is 0 Å². The highest BCUT2D eigenvalue weighted by atomic mass is 16.5. The van der Waals surface area contributed by atoms with Crippen molar-refractivity contribution in [3.05, 3.63) is 12.3 Å². The van der Waals surface area contributed by atoms with Crippen LogP contribution in [0.15, 0.2) is 12.3 Å². The number of nitrogens with one attached hydrogen (secondary N) is 2.